The summed E-state index contributed by atoms with van der Waals surface area (Å²) < 4.78 is 34.8. The number of ether oxygens (including phenoxy) is 1. The molecule has 0 N–H and O–H groups in total. The lowest BCUT2D eigenvalue weighted by molar-refractivity contribution is -0.113. The Morgan fingerprint density at radius 3 is 2.47 bits per heavy atom. The van der Waals surface area contributed by atoms with Crippen molar-refractivity contribution < 1.29 is 27.5 Å². The summed E-state index contributed by atoms with van der Waals surface area (Å²) in [6.45, 7) is -2.95. The van der Waals surface area contributed by atoms with Crippen molar-refractivity contribution in [1.29, 1.82) is 0 Å². The Morgan fingerprint density at radius 1 is 1.08 bits per heavy atom. The maximum atomic E-state index is 13.3. The average Bonchev–Trinajstić information content (AvgIpc) is 3.56. The molecule has 1 amide bonds. The van der Waals surface area contributed by atoms with Crippen LogP contribution in [0.25, 0.3) is 6.08 Å². The van der Waals surface area contributed by atoms with E-state index in [4.69, 9.17) is 4.42 Å². The fourth-order valence-electron chi connectivity index (χ4n) is 4.70. The van der Waals surface area contributed by atoms with Gasteiger partial charge in [0.25, 0.3) is 5.91 Å². The van der Waals surface area contributed by atoms with E-state index in [-0.39, 0.29) is 23.0 Å². The third-order valence-electron chi connectivity index (χ3n) is 6.61. The van der Waals surface area contributed by atoms with Crippen molar-refractivity contribution in [3.05, 3.63) is 89.5 Å². The number of hydrogen-bond acceptors (Lipinski definition) is 6. The molecule has 1 aliphatic heterocycles. The first-order valence-corrected chi connectivity index (χ1v) is 13.5. The van der Waals surface area contributed by atoms with Crippen molar-refractivity contribution >= 4 is 40.4 Å². The van der Waals surface area contributed by atoms with Crippen LogP contribution in [0.3, 0.4) is 0 Å². The molecule has 0 bridgehead atoms. The van der Waals surface area contributed by atoms with Gasteiger partial charge in [0.05, 0.1) is 17.7 Å². The Hall–Kier alpha value is -3.72. The highest BCUT2D eigenvalue weighted by atomic mass is 32.2. The molecule has 0 saturated heterocycles. The number of halogens is 2. The van der Waals surface area contributed by atoms with E-state index in [9.17, 15) is 18.4 Å². The number of Topliss-reactive ketones (excluding diaryl/α,β-unsaturated/α-hetero) is 1. The Morgan fingerprint density at radius 2 is 1.82 bits per heavy atom. The van der Waals surface area contributed by atoms with Gasteiger partial charge >= 0.3 is 6.61 Å². The van der Waals surface area contributed by atoms with Gasteiger partial charge in [0.2, 0.25) is 0 Å². The predicted octanol–water partition coefficient (Wildman–Crippen LogP) is 7.29. The van der Waals surface area contributed by atoms with Crippen molar-refractivity contribution in [3.8, 4) is 5.75 Å². The lowest BCUT2D eigenvalue weighted by atomic mass is 9.84. The molecule has 0 atom stereocenters. The Labute approximate surface area is 223 Å². The van der Waals surface area contributed by atoms with Crippen molar-refractivity contribution in [3.63, 3.8) is 0 Å². The molecule has 2 heterocycles. The Balaban J connectivity index is 1.32. The number of rotatable bonds is 8. The highest BCUT2D eigenvalue weighted by Gasteiger charge is 2.33. The molecule has 1 aromatic heterocycles. The van der Waals surface area contributed by atoms with E-state index in [0.29, 0.717) is 28.1 Å². The first-order chi connectivity index (χ1) is 18.5. The van der Waals surface area contributed by atoms with Crippen LogP contribution in [0.15, 0.2) is 82.0 Å². The minimum Gasteiger partial charge on any atom is -0.465 e. The lowest BCUT2D eigenvalue weighted by Gasteiger charge is -2.22. The SMILES string of the molecule is O=C(CSC1=NC(=Cc2ccco2)C(=O)N1c1ccc(OC(F)F)cc1)c1ccc(C2CCCCC2)cc1. The number of aliphatic imine (C=N–C) groups is 1. The fourth-order valence-corrected chi connectivity index (χ4v) is 5.60. The molecule has 5 rings (SSSR count). The Bertz CT molecular complexity index is 1330. The van der Waals surface area contributed by atoms with Gasteiger partial charge in [-0.3, -0.25) is 14.5 Å². The number of nitrogens with zero attached hydrogens (tertiary/aromatic N) is 2. The predicted molar refractivity (Wildman–Crippen MR) is 144 cm³/mol. The second-order valence-corrected chi connectivity index (χ2v) is 10.1. The first kappa shape index (κ1) is 25.9. The number of furan rings is 1. The molecule has 0 radical (unpaired) electrons. The van der Waals surface area contributed by atoms with Gasteiger partial charge in [0, 0.05) is 11.6 Å². The molecule has 1 fully saturated rings. The highest BCUT2D eigenvalue weighted by Crippen LogP contribution is 2.33. The van der Waals surface area contributed by atoms with Gasteiger partial charge in [0.15, 0.2) is 11.0 Å². The van der Waals surface area contributed by atoms with Gasteiger partial charge in [-0.2, -0.15) is 8.78 Å². The van der Waals surface area contributed by atoms with Crippen LogP contribution in [0, 0.1) is 0 Å². The van der Waals surface area contributed by atoms with Gasteiger partial charge in [-0.1, -0.05) is 55.3 Å². The van der Waals surface area contributed by atoms with Gasteiger partial charge in [-0.15, -0.1) is 0 Å². The van der Waals surface area contributed by atoms with Crippen LogP contribution in [-0.4, -0.2) is 29.2 Å². The first-order valence-electron chi connectivity index (χ1n) is 12.5. The minimum atomic E-state index is -2.95. The summed E-state index contributed by atoms with van der Waals surface area (Å²) in [4.78, 5) is 32.1. The van der Waals surface area contributed by atoms with Gasteiger partial charge in [0.1, 0.15) is 17.2 Å². The van der Waals surface area contributed by atoms with E-state index >= 15 is 0 Å². The van der Waals surface area contributed by atoms with Crippen LogP contribution >= 0.6 is 11.8 Å². The zero-order valence-electron chi connectivity index (χ0n) is 20.5. The summed E-state index contributed by atoms with van der Waals surface area (Å²) in [7, 11) is 0. The number of carbonyl (C=O) groups is 2. The molecule has 0 spiro atoms. The number of alkyl halides is 2. The second kappa shape index (κ2) is 11.8. The molecule has 196 valence electrons. The van der Waals surface area contributed by atoms with E-state index in [2.05, 4.69) is 9.73 Å². The van der Waals surface area contributed by atoms with Crippen LogP contribution in [0.2, 0.25) is 0 Å². The van der Waals surface area contributed by atoms with Crippen molar-refractivity contribution in [1.82, 2.24) is 0 Å². The largest absolute Gasteiger partial charge is 0.465 e. The zero-order chi connectivity index (χ0) is 26.5. The molecular weight excluding hydrogens is 510 g/mol. The van der Waals surface area contributed by atoms with Crippen LogP contribution in [-0.2, 0) is 4.79 Å². The van der Waals surface area contributed by atoms with Crippen molar-refractivity contribution in [2.24, 2.45) is 4.99 Å². The molecule has 1 aliphatic carbocycles. The molecule has 0 unspecified atom stereocenters. The molecule has 6 nitrogen and oxygen atoms in total. The van der Waals surface area contributed by atoms with Gasteiger partial charge in [-0.05, 0) is 60.7 Å². The molecule has 1 saturated carbocycles. The molecule has 38 heavy (non-hydrogen) atoms. The number of hydrogen-bond donors (Lipinski definition) is 0. The molecule has 9 heteroatoms. The van der Waals surface area contributed by atoms with E-state index in [1.165, 1.54) is 79.2 Å². The van der Waals surface area contributed by atoms with Gasteiger partial charge in [-0.25, -0.2) is 4.99 Å². The summed E-state index contributed by atoms with van der Waals surface area (Å²) in [5.41, 5.74) is 2.43. The third-order valence-corrected chi connectivity index (χ3v) is 7.55. The van der Waals surface area contributed by atoms with E-state index in [1.807, 2.05) is 24.3 Å². The summed E-state index contributed by atoms with van der Waals surface area (Å²) in [6, 6.07) is 16.9. The maximum absolute atomic E-state index is 13.3. The van der Waals surface area contributed by atoms with Crippen LogP contribution in [0.5, 0.6) is 5.75 Å². The smallest absolute Gasteiger partial charge is 0.387 e. The number of amides is 1. The number of benzene rings is 2. The molecule has 3 aromatic rings. The summed E-state index contributed by atoms with van der Waals surface area (Å²) in [6.07, 6.45) is 9.17. The molecular formula is C29H26F2N2O4S. The summed E-state index contributed by atoms with van der Waals surface area (Å²) >= 11 is 1.14. The number of anilines is 1. The fraction of sp³-hybridized carbons (Fsp3) is 0.276. The van der Waals surface area contributed by atoms with Crippen molar-refractivity contribution in [2.75, 3.05) is 10.7 Å². The quantitative estimate of drug-likeness (QED) is 0.223. The van der Waals surface area contributed by atoms with E-state index < -0.39 is 12.5 Å². The van der Waals surface area contributed by atoms with E-state index in [1.54, 1.807) is 12.1 Å². The number of ketones is 1. The zero-order valence-corrected chi connectivity index (χ0v) is 21.3. The number of amidine groups is 1. The van der Waals surface area contributed by atoms with Crippen LogP contribution < -0.4 is 9.64 Å². The second-order valence-electron chi connectivity index (χ2n) is 9.12. The highest BCUT2D eigenvalue weighted by molar-refractivity contribution is 8.14. The van der Waals surface area contributed by atoms with Gasteiger partial charge < -0.3 is 9.15 Å². The summed E-state index contributed by atoms with van der Waals surface area (Å²) in [5, 5.41) is 0.308. The maximum Gasteiger partial charge on any atom is 0.387 e. The lowest BCUT2D eigenvalue weighted by Crippen LogP contribution is -2.30. The average molecular weight is 537 g/mol. The topological polar surface area (TPSA) is 72.1 Å². The monoisotopic (exact) mass is 536 g/mol. The number of thioether (sulfide) groups is 1. The third kappa shape index (κ3) is 6.05. The molecule has 2 aliphatic rings. The van der Waals surface area contributed by atoms with Crippen LogP contribution in [0.4, 0.5) is 14.5 Å². The number of carbonyl (C=O) groups excluding carboxylic acids is 2. The Kier molecular flexibility index (Phi) is 8.03. The van der Waals surface area contributed by atoms with Crippen molar-refractivity contribution in [2.45, 2.75) is 44.6 Å². The molecule has 2 aromatic carbocycles. The minimum absolute atomic E-state index is 0.0280. The standard InChI is InChI=1S/C29H26F2N2O4S/c30-28(31)37-23-14-12-22(13-15-23)33-27(35)25(17-24-7-4-16-36-24)32-29(33)38-18-26(34)21-10-8-20(9-11-21)19-5-2-1-3-6-19/h4,7-17,19,28H,1-3,5-6,18H2. The van der Waals surface area contributed by atoms with Crippen LogP contribution in [0.1, 0.15) is 59.7 Å². The summed E-state index contributed by atoms with van der Waals surface area (Å²) in [5.74, 6) is 0.566. The van der Waals surface area contributed by atoms with E-state index in [0.717, 1.165) is 11.8 Å². The normalized spacial score (nSPS) is 17.3.